The summed E-state index contributed by atoms with van der Waals surface area (Å²) in [4.78, 5) is 11.0. The number of carbonyl (C=O) groups is 1. The van der Waals surface area contributed by atoms with E-state index in [9.17, 15) is 9.00 Å². The van der Waals surface area contributed by atoms with Gasteiger partial charge in [0.15, 0.2) is 28.7 Å². The first-order valence-corrected chi connectivity index (χ1v) is 8.41. The van der Waals surface area contributed by atoms with Crippen molar-refractivity contribution < 1.29 is 28.1 Å². The summed E-state index contributed by atoms with van der Waals surface area (Å²) in [5.74, 6) is -0.611. The van der Waals surface area contributed by atoms with Crippen molar-refractivity contribution in [2.45, 2.75) is 17.9 Å². The Morgan fingerprint density at radius 1 is 1.12 bits per heavy atom. The highest BCUT2D eigenvalue weighted by molar-refractivity contribution is 7.79. The lowest BCUT2D eigenvalue weighted by Crippen LogP contribution is -2.23. The van der Waals surface area contributed by atoms with Crippen molar-refractivity contribution in [3.05, 3.63) is 46.4 Å². The van der Waals surface area contributed by atoms with Crippen molar-refractivity contribution in [1.29, 1.82) is 0 Å². The molecule has 0 bridgehead atoms. The molecule has 128 valence electrons. The molecule has 2 N–H and O–H groups in total. The normalized spacial score (nSPS) is 13.2. The van der Waals surface area contributed by atoms with Crippen molar-refractivity contribution >= 4 is 40.3 Å². The lowest BCUT2D eigenvalue weighted by molar-refractivity contribution is -0.144. The van der Waals surface area contributed by atoms with Crippen LogP contribution in [0.1, 0.15) is 6.92 Å². The van der Waals surface area contributed by atoms with Gasteiger partial charge in [-0.2, -0.15) is 0 Å². The molecule has 0 saturated carbocycles. The molecular formula is C15H12Cl2O6S. The van der Waals surface area contributed by atoms with Gasteiger partial charge in [0.05, 0.1) is 9.92 Å². The quantitative estimate of drug-likeness (QED) is 0.717. The minimum atomic E-state index is -2.17. The zero-order chi connectivity index (χ0) is 17.9. The van der Waals surface area contributed by atoms with Crippen LogP contribution in [0.25, 0.3) is 0 Å². The van der Waals surface area contributed by atoms with Crippen LogP contribution in [-0.4, -0.2) is 25.9 Å². The molecule has 0 fully saturated rings. The number of benzene rings is 2. The van der Waals surface area contributed by atoms with Crippen LogP contribution in [0, 0.1) is 0 Å². The topological polar surface area (TPSA) is 93.1 Å². The lowest BCUT2D eigenvalue weighted by Gasteiger charge is -2.16. The number of ether oxygens (including phenoxy) is 2. The molecule has 0 aliphatic rings. The average Bonchev–Trinajstić information content (AvgIpc) is 2.51. The van der Waals surface area contributed by atoms with Crippen LogP contribution in [0.5, 0.6) is 17.2 Å². The van der Waals surface area contributed by atoms with E-state index >= 15 is 0 Å². The van der Waals surface area contributed by atoms with Crippen molar-refractivity contribution in [1.82, 2.24) is 0 Å². The molecule has 2 rings (SSSR count). The third-order valence-electron chi connectivity index (χ3n) is 2.88. The van der Waals surface area contributed by atoms with Gasteiger partial charge in [-0.25, -0.2) is 9.00 Å². The van der Waals surface area contributed by atoms with Crippen LogP contribution in [-0.2, 0) is 15.9 Å². The van der Waals surface area contributed by atoms with E-state index in [-0.39, 0.29) is 27.2 Å². The van der Waals surface area contributed by atoms with Gasteiger partial charge in [-0.15, -0.1) is 0 Å². The van der Waals surface area contributed by atoms with Gasteiger partial charge in [0.2, 0.25) is 0 Å². The molecule has 0 aliphatic heterocycles. The van der Waals surface area contributed by atoms with E-state index in [0.717, 1.165) is 0 Å². The zero-order valence-corrected chi connectivity index (χ0v) is 14.6. The molecule has 6 nitrogen and oxygen atoms in total. The number of hydrogen-bond acceptors (Lipinski definition) is 4. The second kappa shape index (κ2) is 7.85. The average molecular weight is 391 g/mol. The van der Waals surface area contributed by atoms with Crippen molar-refractivity contribution in [2.75, 3.05) is 0 Å². The predicted octanol–water partition coefficient (Wildman–Crippen LogP) is 4.22. The summed E-state index contributed by atoms with van der Waals surface area (Å²) in [5.41, 5.74) is 0. The summed E-state index contributed by atoms with van der Waals surface area (Å²) in [7, 11) is 0. The molecule has 0 aliphatic carbocycles. The van der Waals surface area contributed by atoms with E-state index in [1.807, 2.05) is 0 Å². The molecule has 2 aromatic rings. The van der Waals surface area contributed by atoms with Crippen LogP contribution < -0.4 is 9.47 Å². The summed E-state index contributed by atoms with van der Waals surface area (Å²) in [6, 6.07) is 8.53. The minimum absolute atomic E-state index is 0.104. The Morgan fingerprint density at radius 2 is 1.79 bits per heavy atom. The Kier molecular flexibility index (Phi) is 6.06. The number of carboxylic acid groups (broad SMARTS) is 1. The Morgan fingerprint density at radius 3 is 2.38 bits per heavy atom. The van der Waals surface area contributed by atoms with Crippen molar-refractivity contribution in [3.8, 4) is 17.2 Å². The minimum Gasteiger partial charge on any atom is -0.479 e. The van der Waals surface area contributed by atoms with Gasteiger partial charge >= 0.3 is 5.97 Å². The third-order valence-corrected chi connectivity index (χ3v) is 4.07. The fourth-order valence-electron chi connectivity index (χ4n) is 1.69. The fourth-order valence-corrected chi connectivity index (χ4v) is 2.54. The van der Waals surface area contributed by atoms with Gasteiger partial charge < -0.3 is 19.1 Å². The number of aliphatic carboxylic acids is 1. The predicted molar refractivity (Wildman–Crippen MR) is 89.7 cm³/mol. The molecule has 0 saturated heterocycles. The van der Waals surface area contributed by atoms with Crippen LogP contribution in [0.4, 0.5) is 0 Å². The molecule has 0 radical (unpaired) electrons. The SMILES string of the molecule is C[C@H](Oc1ccc(Cl)cc1Oc1ccc(S(=O)O)cc1Cl)C(=O)O. The maximum absolute atomic E-state index is 11.0. The maximum atomic E-state index is 11.0. The molecule has 2 aromatic carbocycles. The van der Waals surface area contributed by atoms with Gasteiger partial charge in [0.1, 0.15) is 5.75 Å². The molecule has 9 heteroatoms. The fraction of sp³-hybridized carbons (Fsp3) is 0.133. The highest BCUT2D eigenvalue weighted by Gasteiger charge is 2.17. The van der Waals surface area contributed by atoms with Gasteiger partial charge in [0, 0.05) is 11.1 Å². The molecule has 24 heavy (non-hydrogen) atoms. The Hall–Kier alpha value is -1.80. The molecule has 0 aromatic heterocycles. The van der Waals surface area contributed by atoms with Crippen LogP contribution in [0.3, 0.4) is 0 Å². The van der Waals surface area contributed by atoms with E-state index in [4.69, 9.17) is 42.3 Å². The van der Waals surface area contributed by atoms with E-state index in [1.54, 1.807) is 0 Å². The van der Waals surface area contributed by atoms with Crippen molar-refractivity contribution in [2.24, 2.45) is 0 Å². The van der Waals surface area contributed by atoms with Gasteiger partial charge in [-0.3, -0.25) is 0 Å². The Bertz CT molecular complexity index is 796. The smallest absolute Gasteiger partial charge is 0.344 e. The summed E-state index contributed by atoms with van der Waals surface area (Å²) < 4.78 is 31.0. The Balaban J connectivity index is 2.33. The van der Waals surface area contributed by atoms with Gasteiger partial charge in [-0.1, -0.05) is 23.2 Å². The van der Waals surface area contributed by atoms with E-state index in [1.165, 1.54) is 43.3 Å². The number of carboxylic acids is 1. The standard InChI is InChI=1S/C15H12Cl2O6S/c1-8(15(18)19)22-13-4-2-9(16)6-14(13)23-12-5-3-10(24(20)21)7-11(12)17/h2-8H,1H3,(H,18,19)(H,20,21)/t8-/m0/s1. The summed E-state index contributed by atoms with van der Waals surface area (Å²) in [5, 5.41) is 9.39. The van der Waals surface area contributed by atoms with E-state index < -0.39 is 23.2 Å². The lowest BCUT2D eigenvalue weighted by atomic mass is 10.3. The summed E-state index contributed by atoms with van der Waals surface area (Å²) >= 11 is 9.80. The molecule has 1 unspecified atom stereocenters. The molecule has 2 atom stereocenters. The molecule has 0 amide bonds. The highest BCUT2D eigenvalue weighted by Crippen LogP contribution is 2.37. The number of hydrogen-bond donors (Lipinski definition) is 2. The first kappa shape index (κ1) is 18.5. The first-order chi connectivity index (χ1) is 11.3. The van der Waals surface area contributed by atoms with Crippen LogP contribution >= 0.6 is 23.2 Å². The maximum Gasteiger partial charge on any atom is 0.344 e. The molecule has 0 spiro atoms. The number of halogens is 2. The first-order valence-electron chi connectivity index (χ1n) is 6.55. The van der Waals surface area contributed by atoms with E-state index in [2.05, 4.69) is 0 Å². The second-order valence-corrected chi connectivity index (χ2v) is 6.45. The highest BCUT2D eigenvalue weighted by atomic mass is 35.5. The van der Waals surface area contributed by atoms with E-state index in [0.29, 0.717) is 5.02 Å². The monoisotopic (exact) mass is 390 g/mol. The van der Waals surface area contributed by atoms with Crippen LogP contribution in [0.2, 0.25) is 10.0 Å². The largest absolute Gasteiger partial charge is 0.479 e. The van der Waals surface area contributed by atoms with Gasteiger partial charge in [0.25, 0.3) is 0 Å². The third kappa shape index (κ3) is 4.61. The molecular weight excluding hydrogens is 379 g/mol. The zero-order valence-electron chi connectivity index (χ0n) is 12.2. The summed E-state index contributed by atoms with van der Waals surface area (Å²) in [6.07, 6.45) is -1.09. The number of rotatable bonds is 6. The summed E-state index contributed by atoms with van der Waals surface area (Å²) in [6.45, 7) is 1.37. The Labute approximate surface area is 150 Å². The van der Waals surface area contributed by atoms with Gasteiger partial charge in [-0.05, 0) is 37.3 Å². The second-order valence-electron chi connectivity index (χ2n) is 4.63. The van der Waals surface area contributed by atoms with Crippen molar-refractivity contribution in [3.63, 3.8) is 0 Å². The van der Waals surface area contributed by atoms with Crippen LogP contribution in [0.15, 0.2) is 41.3 Å². The molecule has 0 heterocycles.